The van der Waals surface area contributed by atoms with Crippen LogP contribution in [0.25, 0.3) is 93.9 Å². The summed E-state index contributed by atoms with van der Waals surface area (Å²) in [5.74, 6) is 0. The second kappa shape index (κ2) is 15.3. The fourth-order valence-corrected chi connectivity index (χ4v) is 9.36. The summed E-state index contributed by atoms with van der Waals surface area (Å²) in [6.07, 6.45) is 0. The number of benzene rings is 10. The number of anilines is 3. The zero-order valence-corrected chi connectivity index (χ0v) is 34.4. The van der Waals surface area contributed by atoms with Gasteiger partial charge in [0.15, 0.2) is 5.58 Å². The van der Waals surface area contributed by atoms with Gasteiger partial charge < -0.3 is 13.9 Å². The molecule has 0 aliphatic carbocycles. The summed E-state index contributed by atoms with van der Waals surface area (Å²) >= 11 is 0. The van der Waals surface area contributed by atoms with Crippen molar-refractivity contribution in [3.8, 4) is 50.2 Å². The van der Waals surface area contributed by atoms with Crippen LogP contribution in [0.3, 0.4) is 0 Å². The first-order valence-corrected chi connectivity index (χ1v) is 21.5. The SMILES string of the molecule is c1ccc(-c2ccc(N(c3ccc(-c4ccccc4)cc3)c3ccc(-c4ccc(-c5cc6c7ccccc7oc6c6c5c5ccccc5n6-c5ccccc5)cc4)cc3)cc2)cc1. The van der Waals surface area contributed by atoms with Crippen molar-refractivity contribution in [2.24, 2.45) is 0 Å². The molecule has 10 aromatic carbocycles. The van der Waals surface area contributed by atoms with Gasteiger partial charge >= 0.3 is 0 Å². The molecule has 0 saturated heterocycles. The number of hydrogen-bond donors (Lipinski definition) is 0. The first-order valence-electron chi connectivity index (χ1n) is 21.5. The van der Waals surface area contributed by atoms with Crippen molar-refractivity contribution >= 4 is 60.8 Å². The van der Waals surface area contributed by atoms with Crippen molar-refractivity contribution < 1.29 is 4.42 Å². The fourth-order valence-electron chi connectivity index (χ4n) is 9.36. The van der Waals surface area contributed by atoms with E-state index in [9.17, 15) is 0 Å². The summed E-state index contributed by atoms with van der Waals surface area (Å²) in [6.45, 7) is 0. The molecule has 0 bridgehead atoms. The van der Waals surface area contributed by atoms with Gasteiger partial charge in [-0.2, -0.15) is 0 Å². The highest BCUT2D eigenvalue weighted by Crippen LogP contribution is 2.46. The number of para-hydroxylation sites is 3. The monoisotopic (exact) mass is 804 g/mol. The molecule has 0 spiro atoms. The molecular formula is C60H40N2O. The Morgan fingerprint density at radius 1 is 0.333 bits per heavy atom. The first kappa shape index (κ1) is 36.5. The van der Waals surface area contributed by atoms with Gasteiger partial charge in [-0.1, -0.05) is 176 Å². The Labute approximate surface area is 366 Å². The predicted octanol–water partition coefficient (Wildman–Crippen LogP) is 16.8. The molecule has 2 heterocycles. The lowest BCUT2D eigenvalue weighted by Crippen LogP contribution is -2.09. The Kier molecular flexibility index (Phi) is 8.83. The molecule has 0 unspecified atom stereocenters. The lowest BCUT2D eigenvalue weighted by Gasteiger charge is -2.26. The van der Waals surface area contributed by atoms with Crippen molar-refractivity contribution in [3.63, 3.8) is 0 Å². The summed E-state index contributed by atoms with van der Waals surface area (Å²) in [5.41, 5.74) is 17.9. The van der Waals surface area contributed by atoms with Crippen molar-refractivity contribution in [2.45, 2.75) is 0 Å². The molecular weight excluding hydrogens is 765 g/mol. The molecule has 0 fully saturated rings. The molecule has 3 heteroatoms. The molecule has 63 heavy (non-hydrogen) atoms. The Morgan fingerprint density at radius 2 is 0.746 bits per heavy atom. The average molecular weight is 805 g/mol. The number of furan rings is 1. The van der Waals surface area contributed by atoms with E-state index >= 15 is 0 Å². The van der Waals surface area contributed by atoms with Crippen LogP contribution in [-0.2, 0) is 0 Å². The topological polar surface area (TPSA) is 21.3 Å². The lowest BCUT2D eigenvalue weighted by molar-refractivity contribution is 0.671. The molecule has 0 N–H and O–H groups in total. The van der Waals surface area contributed by atoms with E-state index < -0.39 is 0 Å². The van der Waals surface area contributed by atoms with E-state index in [0.717, 1.165) is 72.4 Å². The number of nitrogens with zero attached hydrogens (tertiary/aromatic N) is 2. The van der Waals surface area contributed by atoms with Crippen LogP contribution in [-0.4, -0.2) is 4.57 Å². The van der Waals surface area contributed by atoms with Gasteiger partial charge in [-0.25, -0.2) is 0 Å². The number of fused-ring (bicyclic) bond motifs is 7. The smallest absolute Gasteiger partial charge is 0.160 e. The van der Waals surface area contributed by atoms with Gasteiger partial charge in [0.1, 0.15) is 5.58 Å². The maximum Gasteiger partial charge on any atom is 0.160 e. The van der Waals surface area contributed by atoms with Crippen molar-refractivity contribution in [3.05, 3.63) is 243 Å². The van der Waals surface area contributed by atoms with E-state index in [1.165, 1.54) is 38.6 Å². The van der Waals surface area contributed by atoms with Crippen LogP contribution in [0, 0.1) is 0 Å². The standard InChI is InChI=1S/C60H40N2O/c1-4-14-41(15-5-1)44-28-34-49(35-29-44)61(50-36-30-45(31-37-50)42-16-6-2-7-17-42)51-38-32-46(33-39-51)43-24-26-47(27-25-43)54-40-55-52-20-11-13-23-57(52)63-60(55)59-58(54)53-21-10-12-22-56(53)62(59)48-18-8-3-9-19-48/h1-40H. The molecule has 3 nitrogen and oxygen atoms in total. The predicted molar refractivity (Wildman–Crippen MR) is 264 cm³/mol. The first-order chi connectivity index (χ1) is 31.2. The third-order valence-electron chi connectivity index (χ3n) is 12.4. The van der Waals surface area contributed by atoms with Crippen LogP contribution < -0.4 is 4.90 Å². The molecule has 0 radical (unpaired) electrons. The third kappa shape index (κ3) is 6.38. The molecule has 0 saturated carbocycles. The Balaban J connectivity index is 0.937. The van der Waals surface area contributed by atoms with Crippen LogP contribution >= 0.6 is 0 Å². The minimum absolute atomic E-state index is 0.890. The molecule has 0 aliphatic heterocycles. The minimum atomic E-state index is 0.890. The maximum atomic E-state index is 6.73. The molecule has 296 valence electrons. The maximum absolute atomic E-state index is 6.73. The highest BCUT2D eigenvalue weighted by atomic mass is 16.3. The van der Waals surface area contributed by atoms with Crippen LogP contribution in [0.5, 0.6) is 0 Å². The molecule has 12 rings (SSSR count). The van der Waals surface area contributed by atoms with Gasteiger partial charge in [0, 0.05) is 44.3 Å². The van der Waals surface area contributed by atoms with Crippen LogP contribution in [0.4, 0.5) is 17.1 Å². The molecule has 0 aliphatic rings. The van der Waals surface area contributed by atoms with Crippen LogP contribution in [0.2, 0.25) is 0 Å². The van der Waals surface area contributed by atoms with Crippen LogP contribution in [0.15, 0.2) is 247 Å². The summed E-state index contributed by atoms with van der Waals surface area (Å²) in [6, 6.07) is 86.9. The minimum Gasteiger partial charge on any atom is -0.454 e. The van der Waals surface area contributed by atoms with Crippen molar-refractivity contribution in [1.82, 2.24) is 4.57 Å². The average Bonchev–Trinajstić information content (AvgIpc) is 3.92. The highest BCUT2D eigenvalue weighted by molar-refractivity contribution is 6.26. The zero-order chi connectivity index (χ0) is 41.7. The van der Waals surface area contributed by atoms with Gasteiger partial charge in [-0.3, -0.25) is 0 Å². The quantitative estimate of drug-likeness (QED) is 0.153. The lowest BCUT2D eigenvalue weighted by atomic mass is 9.95. The Morgan fingerprint density at radius 3 is 1.29 bits per heavy atom. The summed E-state index contributed by atoms with van der Waals surface area (Å²) in [5, 5.41) is 4.61. The molecule has 0 amide bonds. The Bertz CT molecular complexity index is 3470. The normalized spacial score (nSPS) is 11.5. The zero-order valence-electron chi connectivity index (χ0n) is 34.4. The Hall–Kier alpha value is -8.40. The molecule has 12 aromatic rings. The summed E-state index contributed by atoms with van der Waals surface area (Å²) in [7, 11) is 0. The van der Waals surface area contributed by atoms with E-state index in [4.69, 9.17) is 4.42 Å². The largest absolute Gasteiger partial charge is 0.454 e. The number of rotatable bonds is 8. The second-order valence-electron chi connectivity index (χ2n) is 16.1. The van der Waals surface area contributed by atoms with E-state index in [2.05, 4.69) is 246 Å². The van der Waals surface area contributed by atoms with Gasteiger partial charge in [-0.05, 0) is 111 Å². The summed E-state index contributed by atoms with van der Waals surface area (Å²) < 4.78 is 9.10. The van der Waals surface area contributed by atoms with E-state index in [1.807, 2.05) is 6.07 Å². The van der Waals surface area contributed by atoms with Crippen LogP contribution in [0.1, 0.15) is 0 Å². The van der Waals surface area contributed by atoms with Gasteiger partial charge in [0.05, 0.1) is 11.0 Å². The fraction of sp³-hybridized carbons (Fsp3) is 0. The number of aromatic nitrogens is 1. The van der Waals surface area contributed by atoms with E-state index in [1.54, 1.807) is 0 Å². The van der Waals surface area contributed by atoms with Gasteiger partial charge in [0.25, 0.3) is 0 Å². The van der Waals surface area contributed by atoms with Gasteiger partial charge in [-0.15, -0.1) is 0 Å². The third-order valence-corrected chi connectivity index (χ3v) is 12.4. The molecule has 0 atom stereocenters. The van der Waals surface area contributed by atoms with E-state index in [-0.39, 0.29) is 0 Å². The van der Waals surface area contributed by atoms with Crippen molar-refractivity contribution in [1.29, 1.82) is 0 Å². The second-order valence-corrected chi connectivity index (χ2v) is 16.1. The highest BCUT2D eigenvalue weighted by Gasteiger charge is 2.23. The number of hydrogen-bond acceptors (Lipinski definition) is 2. The van der Waals surface area contributed by atoms with Crippen molar-refractivity contribution in [2.75, 3.05) is 4.90 Å². The summed E-state index contributed by atoms with van der Waals surface area (Å²) in [4.78, 5) is 2.34. The van der Waals surface area contributed by atoms with E-state index in [0.29, 0.717) is 0 Å². The van der Waals surface area contributed by atoms with Gasteiger partial charge in [0.2, 0.25) is 0 Å². The molecule has 2 aromatic heterocycles.